The molecule has 4 nitrogen and oxygen atoms in total. The maximum Gasteiger partial charge on any atom is 0.513 e. The van der Waals surface area contributed by atoms with Crippen molar-refractivity contribution in [3.63, 3.8) is 0 Å². The second-order valence-corrected chi connectivity index (χ2v) is 5.20. The van der Waals surface area contributed by atoms with Gasteiger partial charge in [-0.2, -0.15) is 0 Å². The summed E-state index contributed by atoms with van der Waals surface area (Å²) in [7, 11) is 1.25. The first kappa shape index (κ1) is 17.8. The SMILES string of the molecule is CCc1ccc(OCc2c(CC)cccc2OC(=O)OC)cc1F. The minimum atomic E-state index is -0.789. The number of carbonyl (C=O) groups excluding carboxylic acids is 1. The summed E-state index contributed by atoms with van der Waals surface area (Å²) in [6, 6.07) is 10.2. The number of methoxy groups -OCH3 is 1. The molecule has 24 heavy (non-hydrogen) atoms. The topological polar surface area (TPSA) is 44.8 Å². The summed E-state index contributed by atoms with van der Waals surface area (Å²) < 4.78 is 29.3. The molecule has 2 aromatic carbocycles. The van der Waals surface area contributed by atoms with Crippen molar-refractivity contribution in [2.75, 3.05) is 7.11 Å². The van der Waals surface area contributed by atoms with E-state index in [0.717, 1.165) is 17.5 Å². The molecule has 0 aliphatic carbocycles. The van der Waals surface area contributed by atoms with Crippen molar-refractivity contribution in [2.45, 2.75) is 33.3 Å². The molecule has 0 aliphatic rings. The van der Waals surface area contributed by atoms with E-state index in [0.29, 0.717) is 23.5 Å². The lowest BCUT2D eigenvalue weighted by Gasteiger charge is -2.14. The summed E-state index contributed by atoms with van der Waals surface area (Å²) in [5.74, 6) is 0.524. The van der Waals surface area contributed by atoms with Crippen molar-refractivity contribution in [1.82, 2.24) is 0 Å². The molecule has 0 N–H and O–H groups in total. The Balaban J connectivity index is 2.21. The lowest BCUT2D eigenvalue weighted by Crippen LogP contribution is -2.11. The predicted molar refractivity (Wildman–Crippen MR) is 89.0 cm³/mol. The van der Waals surface area contributed by atoms with Crippen molar-refractivity contribution in [1.29, 1.82) is 0 Å². The van der Waals surface area contributed by atoms with Crippen LogP contribution in [0.25, 0.3) is 0 Å². The minimum Gasteiger partial charge on any atom is -0.489 e. The Morgan fingerprint density at radius 1 is 1.08 bits per heavy atom. The first-order valence-corrected chi connectivity index (χ1v) is 7.86. The molecular weight excluding hydrogens is 311 g/mol. The number of hydrogen-bond acceptors (Lipinski definition) is 4. The zero-order valence-corrected chi connectivity index (χ0v) is 14.1. The first-order chi connectivity index (χ1) is 11.6. The molecule has 0 saturated carbocycles. The highest BCUT2D eigenvalue weighted by atomic mass is 19.1. The van der Waals surface area contributed by atoms with E-state index in [1.54, 1.807) is 24.3 Å². The normalized spacial score (nSPS) is 10.3. The van der Waals surface area contributed by atoms with Crippen LogP contribution in [-0.4, -0.2) is 13.3 Å². The van der Waals surface area contributed by atoms with Gasteiger partial charge in [-0.15, -0.1) is 0 Å². The largest absolute Gasteiger partial charge is 0.513 e. The molecule has 0 bridgehead atoms. The van der Waals surface area contributed by atoms with Gasteiger partial charge in [0.25, 0.3) is 0 Å². The molecule has 5 heteroatoms. The van der Waals surface area contributed by atoms with Crippen LogP contribution >= 0.6 is 0 Å². The number of rotatable bonds is 6. The second-order valence-electron chi connectivity index (χ2n) is 5.20. The van der Waals surface area contributed by atoms with Crippen LogP contribution in [0.2, 0.25) is 0 Å². The minimum absolute atomic E-state index is 0.168. The lowest BCUT2D eigenvalue weighted by molar-refractivity contribution is 0.120. The van der Waals surface area contributed by atoms with Gasteiger partial charge in [-0.25, -0.2) is 9.18 Å². The number of aryl methyl sites for hydroxylation is 2. The monoisotopic (exact) mass is 332 g/mol. The van der Waals surface area contributed by atoms with Crippen LogP contribution in [0.5, 0.6) is 11.5 Å². The molecule has 2 rings (SSSR count). The van der Waals surface area contributed by atoms with Gasteiger partial charge in [0, 0.05) is 11.6 Å². The lowest BCUT2D eigenvalue weighted by atomic mass is 10.0. The molecule has 0 unspecified atom stereocenters. The van der Waals surface area contributed by atoms with Crippen LogP contribution in [0.3, 0.4) is 0 Å². The van der Waals surface area contributed by atoms with Crippen molar-refractivity contribution >= 4 is 6.16 Å². The summed E-state index contributed by atoms with van der Waals surface area (Å²) in [5, 5.41) is 0. The Bertz CT molecular complexity index is 713. The number of halogens is 1. The molecule has 0 heterocycles. The van der Waals surface area contributed by atoms with Gasteiger partial charge in [-0.05, 0) is 36.1 Å². The zero-order chi connectivity index (χ0) is 17.5. The highest BCUT2D eigenvalue weighted by molar-refractivity contribution is 5.64. The maximum atomic E-state index is 13.9. The quantitative estimate of drug-likeness (QED) is 0.569. The van der Waals surface area contributed by atoms with Crippen molar-refractivity contribution < 1.29 is 23.4 Å². The van der Waals surface area contributed by atoms with E-state index in [-0.39, 0.29) is 12.4 Å². The van der Waals surface area contributed by atoms with E-state index in [4.69, 9.17) is 9.47 Å². The summed E-state index contributed by atoms with van der Waals surface area (Å²) in [5.41, 5.74) is 2.37. The standard InChI is InChI=1S/C19H21FO4/c1-4-13-7-6-8-18(24-19(21)22-3)16(13)12-23-15-10-9-14(5-2)17(20)11-15/h6-11H,4-5,12H2,1-3H3. The molecule has 128 valence electrons. The third-order valence-corrected chi connectivity index (χ3v) is 3.76. The number of ether oxygens (including phenoxy) is 3. The van der Waals surface area contributed by atoms with Gasteiger partial charge in [-0.1, -0.05) is 32.0 Å². The smallest absolute Gasteiger partial charge is 0.489 e. The van der Waals surface area contributed by atoms with E-state index in [2.05, 4.69) is 4.74 Å². The third kappa shape index (κ3) is 4.25. The van der Waals surface area contributed by atoms with Crippen LogP contribution in [0.4, 0.5) is 9.18 Å². The van der Waals surface area contributed by atoms with Gasteiger partial charge >= 0.3 is 6.16 Å². The van der Waals surface area contributed by atoms with E-state index in [9.17, 15) is 9.18 Å². The second kappa shape index (κ2) is 8.34. The van der Waals surface area contributed by atoms with Crippen molar-refractivity contribution in [2.24, 2.45) is 0 Å². The molecule has 0 amide bonds. The average Bonchev–Trinajstić information content (AvgIpc) is 2.60. The maximum absolute atomic E-state index is 13.9. The fourth-order valence-corrected chi connectivity index (χ4v) is 2.39. The molecule has 0 spiro atoms. The first-order valence-electron chi connectivity index (χ1n) is 7.86. The summed E-state index contributed by atoms with van der Waals surface area (Å²) >= 11 is 0. The van der Waals surface area contributed by atoms with Gasteiger partial charge in [-0.3, -0.25) is 0 Å². The summed E-state index contributed by atoms with van der Waals surface area (Å²) in [6.07, 6.45) is 0.588. The molecule has 0 saturated heterocycles. The predicted octanol–water partition coefficient (Wildman–Crippen LogP) is 4.67. The number of benzene rings is 2. The van der Waals surface area contributed by atoms with Gasteiger partial charge < -0.3 is 14.2 Å². The molecule has 0 atom stereocenters. The third-order valence-electron chi connectivity index (χ3n) is 3.76. The van der Waals surface area contributed by atoms with Gasteiger partial charge in [0.2, 0.25) is 0 Å². The molecule has 2 aromatic rings. The van der Waals surface area contributed by atoms with E-state index in [1.807, 2.05) is 19.9 Å². The molecule has 0 aliphatic heterocycles. The highest BCUT2D eigenvalue weighted by Gasteiger charge is 2.14. The number of carbonyl (C=O) groups is 1. The number of hydrogen-bond donors (Lipinski definition) is 0. The van der Waals surface area contributed by atoms with Crippen LogP contribution in [0.1, 0.15) is 30.5 Å². The average molecular weight is 332 g/mol. The van der Waals surface area contributed by atoms with Gasteiger partial charge in [0.1, 0.15) is 23.9 Å². The van der Waals surface area contributed by atoms with Crippen molar-refractivity contribution in [3.8, 4) is 11.5 Å². The molecule has 0 radical (unpaired) electrons. The van der Waals surface area contributed by atoms with E-state index in [1.165, 1.54) is 13.2 Å². The fourth-order valence-electron chi connectivity index (χ4n) is 2.39. The van der Waals surface area contributed by atoms with Gasteiger partial charge in [0.15, 0.2) is 0 Å². The Labute approximate surface area is 141 Å². The van der Waals surface area contributed by atoms with Gasteiger partial charge in [0.05, 0.1) is 7.11 Å². The van der Waals surface area contributed by atoms with E-state index < -0.39 is 6.16 Å². The molecular formula is C19H21FO4. The van der Waals surface area contributed by atoms with E-state index >= 15 is 0 Å². The van der Waals surface area contributed by atoms with Crippen molar-refractivity contribution in [3.05, 3.63) is 58.9 Å². The Hall–Kier alpha value is -2.56. The summed E-state index contributed by atoms with van der Waals surface area (Å²) in [6.45, 7) is 4.06. The Morgan fingerprint density at radius 2 is 1.83 bits per heavy atom. The summed E-state index contributed by atoms with van der Waals surface area (Å²) in [4.78, 5) is 11.4. The highest BCUT2D eigenvalue weighted by Crippen LogP contribution is 2.26. The Kier molecular flexibility index (Phi) is 6.18. The van der Waals surface area contributed by atoms with Crippen LogP contribution < -0.4 is 9.47 Å². The molecule has 0 aromatic heterocycles. The van der Waals surface area contributed by atoms with Crippen LogP contribution in [0.15, 0.2) is 36.4 Å². The van der Waals surface area contributed by atoms with Crippen LogP contribution in [0, 0.1) is 5.82 Å². The Morgan fingerprint density at radius 3 is 2.46 bits per heavy atom. The van der Waals surface area contributed by atoms with Crippen LogP contribution in [-0.2, 0) is 24.2 Å². The molecule has 0 fully saturated rings. The zero-order valence-electron chi connectivity index (χ0n) is 14.1. The fraction of sp³-hybridized carbons (Fsp3) is 0.316.